The van der Waals surface area contributed by atoms with Gasteiger partial charge in [0, 0.05) is 42.9 Å². The van der Waals surface area contributed by atoms with E-state index in [0.29, 0.717) is 25.2 Å². The number of carbonyl (C=O) groups excluding carboxylic acids is 2. The summed E-state index contributed by atoms with van der Waals surface area (Å²) < 4.78 is 16.8. The quantitative estimate of drug-likeness (QED) is 0.376. The topological polar surface area (TPSA) is 106 Å². The third-order valence-corrected chi connectivity index (χ3v) is 6.98. The molecule has 2 aliphatic rings. The van der Waals surface area contributed by atoms with E-state index in [1.54, 1.807) is 13.8 Å². The Bertz CT molecular complexity index is 1260. The first-order valence-corrected chi connectivity index (χ1v) is 12.1. The summed E-state index contributed by atoms with van der Waals surface area (Å²) in [5.74, 6) is -1.38. The Morgan fingerprint density at radius 2 is 1.92 bits per heavy atom. The van der Waals surface area contributed by atoms with Gasteiger partial charge in [0.2, 0.25) is 11.4 Å². The Labute approximate surface area is 214 Å². The summed E-state index contributed by atoms with van der Waals surface area (Å²) in [5.41, 5.74) is -0.324. The fraction of sp³-hybridized carbons (Fsp3) is 0.370. The fourth-order valence-electron chi connectivity index (χ4n) is 4.72. The van der Waals surface area contributed by atoms with Crippen LogP contribution in [0.15, 0.2) is 52.7 Å². The molecule has 1 heterocycles. The van der Waals surface area contributed by atoms with Gasteiger partial charge in [0.05, 0.1) is 19.8 Å². The second kappa shape index (κ2) is 10.2. The molecule has 36 heavy (non-hydrogen) atoms. The number of fused-ring (bicyclic) bond motifs is 1. The van der Waals surface area contributed by atoms with Crippen molar-refractivity contribution in [3.8, 4) is 17.2 Å². The standard InChI is InChI=1S/C27H29ClN2O6/c1-15-13-18(31)21(16(2)29-11-8-12-30-17-9-6-5-7-10-17)25(32)27(15)26(33)22-19(34-3)14-20(35-4)23(28)24(22)36-27/h5-7,9-10,14-15,30,32H,8,11-13H2,1-4H3/t15-,27+/m1/s1. The molecule has 1 aliphatic heterocycles. The molecular formula is C27H29ClN2O6. The largest absolute Gasteiger partial charge is 0.507 e. The normalized spacial score (nSPS) is 21.5. The molecular weight excluding hydrogens is 484 g/mol. The second-order valence-corrected chi connectivity index (χ2v) is 9.21. The van der Waals surface area contributed by atoms with E-state index in [1.807, 2.05) is 30.3 Å². The molecule has 2 atom stereocenters. The molecule has 0 aromatic heterocycles. The highest BCUT2D eigenvalue weighted by Gasteiger charge is 2.61. The first kappa shape index (κ1) is 25.6. The number of ketones is 2. The van der Waals surface area contributed by atoms with Crippen molar-refractivity contribution in [2.75, 3.05) is 32.6 Å². The lowest BCUT2D eigenvalue weighted by Crippen LogP contribution is -2.53. The Morgan fingerprint density at radius 3 is 2.58 bits per heavy atom. The minimum Gasteiger partial charge on any atom is -0.507 e. The van der Waals surface area contributed by atoms with Crippen molar-refractivity contribution in [2.45, 2.75) is 32.3 Å². The van der Waals surface area contributed by atoms with Crippen LogP contribution in [0, 0.1) is 5.92 Å². The molecule has 190 valence electrons. The molecule has 0 fully saturated rings. The van der Waals surface area contributed by atoms with Crippen LogP contribution in [0.2, 0.25) is 5.02 Å². The van der Waals surface area contributed by atoms with Gasteiger partial charge in [0.15, 0.2) is 17.3 Å². The van der Waals surface area contributed by atoms with Crippen molar-refractivity contribution in [1.29, 1.82) is 0 Å². The fourth-order valence-corrected chi connectivity index (χ4v) is 4.99. The predicted molar refractivity (Wildman–Crippen MR) is 138 cm³/mol. The van der Waals surface area contributed by atoms with Crippen LogP contribution in [0.25, 0.3) is 0 Å². The van der Waals surface area contributed by atoms with Crippen LogP contribution in [0.5, 0.6) is 17.2 Å². The number of para-hydroxylation sites is 1. The van der Waals surface area contributed by atoms with Crippen molar-refractivity contribution in [3.05, 3.63) is 58.3 Å². The number of methoxy groups -OCH3 is 2. The molecule has 0 bridgehead atoms. The molecule has 0 radical (unpaired) electrons. The number of carbonyl (C=O) groups is 2. The van der Waals surface area contributed by atoms with Crippen LogP contribution >= 0.6 is 11.6 Å². The lowest BCUT2D eigenvalue weighted by molar-refractivity contribution is -0.118. The van der Waals surface area contributed by atoms with Gasteiger partial charge in [-0.25, -0.2) is 0 Å². The third kappa shape index (κ3) is 4.19. The number of rotatable bonds is 8. The van der Waals surface area contributed by atoms with Gasteiger partial charge in [-0.05, 0) is 25.5 Å². The number of aliphatic hydroxyl groups excluding tert-OH is 1. The maximum absolute atomic E-state index is 13.8. The summed E-state index contributed by atoms with van der Waals surface area (Å²) in [4.78, 5) is 31.3. The zero-order valence-electron chi connectivity index (χ0n) is 20.7. The van der Waals surface area contributed by atoms with Gasteiger partial charge >= 0.3 is 0 Å². The van der Waals surface area contributed by atoms with Crippen LogP contribution in [0.1, 0.15) is 37.0 Å². The third-order valence-electron chi connectivity index (χ3n) is 6.62. The highest BCUT2D eigenvalue weighted by molar-refractivity contribution is 6.35. The van der Waals surface area contributed by atoms with Crippen molar-refractivity contribution in [1.82, 2.24) is 0 Å². The zero-order chi connectivity index (χ0) is 26.0. The molecule has 1 aliphatic carbocycles. The van der Waals surface area contributed by atoms with Crippen LogP contribution in [-0.4, -0.2) is 55.3 Å². The Kier molecular flexibility index (Phi) is 7.26. The van der Waals surface area contributed by atoms with Gasteiger partial charge in [-0.3, -0.25) is 14.6 Å². The van der Waals surface area contributed by atoms with E-state index < -0.39 is 23.1 Å². The lowest BCUT2D eigenvalue weighted by atomic mass is 9.72. The number of Topliss-reactive ketones (excluding diaryl/α,β-unsaturated/α-hetero) is 2. The molecule has 0 unspecified atom stereocenters. The van der Waals surface area contributed by atoms with E-state index >= 15 is 0 Å². The minimum atomic E-state index is -1.81. The maximum Gasteiger partial charge on any atom is 0.231 e. The molecule has 2 aromatic carbocycles. The number of aliphatic imine (C=N–C) groups is 1. The smallest absolute Gasteiger partial charge is 0.231 e. The molecule has 0 amide bonds. The summed E-state index contributed by atoms with van der Waals surface area (Å²) in [5, 5.41) is 14.8. The maximum atomic E-state index is 13.8. The Hall–Kier alpha value is -3.52. The van der Waals surface area contributed by atoms with Gasteiger partial charge < -0.3 is 24.6 Å². The molecule has 8 nitrogen and oxygen atoms in total. The van der Waals surface area contributed by atoms with Crippen molar-refractivity contribution in [3.63, 3.8) is 0 Å². The van der Waals surface area contributed by atoms with Crippen LogP contribution in [0.4, 0.5) is 5.69 Å². The molecule has 0 saturated heterocycles. The number of hydrogen-bond acceptors (Lipinski definition) is 8. The lowest BCUT2D eigenvalue weighted by Gasteiger charge is -2.37. The highest BCUT2D eigenvalue weighted by Crippen LogP contribution is 2.54. The molecule has 0 saturated carbocycles. The number of benzene rings is 2. The van der Waals surface area contributed by atoms with Crippen molar-refractivity contribution < 1.29 is 28.9 Å². The first-order chi connectivity index (χ1) is 17.3. The predicted octanol–water partition coefficient (Wildman–Crippen LogP) is 5.06. The minimum absolute atomic E-state index is 0.00137. The van der Waals surface area contributed by atoms with Gasteiger partial charge in [0.1, 0.15) is 22.1 Å². The molecule has 9 heteroatoms. The number of aliphatic hydroxyl groups is 1. The number of anilines is 1. The van der Waals surface area contributed by atoms with E-state index in [2.05, 4.69) is 10.3 Å². The molecule has 2 aromatic rings. The zero-order valence-corrected chi connectivity index (χ0v) is 21.4. The van der Waals surface area contributed by atoms with Crippen molar-refractivity contribution >= 4 is 34.6 Å². The van der Waals surface area contributed by atoms with Gasteiger partial charge in [-0.15, -0.1) is 0 Å². The Balaban J connectivity index is 1.63. The Morgan fingerprint density at radius 1 is 1.22 bits per heavy atom. The van der Waals surface area contributed by atoms with Gasteiger partial charge in [-0.2, -0.15) is 0 Å². The van der Waals surface area contributed by atoms with Crippen LogP contribution < -0.4 is 19.5 Å². The SMILES string of the molecule is COc1cc(OC)c2c(c1Cl)O[C@]1(C2=O)C(O)=C(C(C)=NCCCNc2ccccc2)C(=O)C[C@H]1C. The van der Waals surface area contributed by atoms with E-state index in [9.17, 15) is 14.7 Å². The average Bonchev–Trinajstić information content (AvgIpc) is 3.18. The van der Waals surface area contributed by atoms with Crippen LogP contribution in [0.3, 0.4) is 0 Å². The first-order valence-electron chi connectivity index (χ1n) is 11.7. The van der Waals surface area contributed by atoms with E-state index in [4.69, 9.17) is 25.8 Å². The van der Waals surface area contributed by atoms with Gasteiger partial charge in [-0.1, -0.05) is 36.7 Å². The number of halogens is 1. The molecule has 2 N–H and O–H groups in total. The number of nitrogens with zero attached hydrogens (tertiary/aromatic N) is 1. The average molecular weight is 513 g/mol. The van der Waals surface area contributed by atoms with Gasteiger partial charge in [0.25, 0.3) is 0 Å². The monoisotopic (exact) mass is 512 g/mol. The summed E-state index contributed by atoms with van der Waals surface area (Å²) >= 11 is 6.46. The van der Waals surface area contributed by atoms with E-state index in [0.717, 1.165) is 5.69 Å². The number of allylic oxidation sites excluding steroid dienone is 1. The van der Waals surface area contributed by atoms with E-state index in [-0.39, 0.29) is 45.6 Å². The molecule has 1 spiro atoms. The summed E-state index contributed by atoms with van der Waals surface area (Å²) in [6.07, 6.45) is 0.710. The number of ether oxygens (including phenoxy) is 3. The number of hydrogen-bond donors (Lipinski definition) is 2. The van der Waals surface area contributed by atoms with E-state index in [1.165, 1.54) is 20.3 Å². The number of nitrogens with one attached hydrogen (secondary N) is 1. The highest BCUT2D eigenvalue weighted by atomic mass is 35.5. The summed E-state index contributed by atoms with van der Waals surface area (Å²) in [6.45, 7) is 4.47. The van der Waals surface area contributed by atoms with Crippen molar-refractivity contribution in [2.24, 2.45) is 10.9 Å². The molecule has 4 rings (SSSR count). The summed E-state index contributed by atoms with van der Waals surface area (Å²) in [6, 6.07) is 11.3. The van der Waals surface area contributed by atoms with Crippen LogP contribution in [-0.2, 0) is 4.79 Å². The second-order valence-electron chi connectivity index (χ2n) is 8.83. The summed E-state index contributed by atoms with van der Waals surface area (Å²) in [7, 11) is 2.85.